The van der Waals surface area contributed by atoms with E-state index in [0.717, 1.165) is 68.5 Å². The second-order valence-corrected chi connectivity index (χ2v) is 12.2. The van der Waals surface area contributed by atoms with Crippen molar-refractivity contribution in [3.8, 4) is 0 Å². The van der Waals surface area contributed by atoms with Crippen LogP contribution < -0.4 is 10.2 Å². The minimum Gasteiger partial charge on any atom is -0.460 e. The second-order valence-electron chi connectivity index (χ2n) is 12.2. The molecule has 0 radical (unpaired) electrons. The van der Waals surface area contributed by atoms with Gasteiger partial charge in [-0.1, -0.05) is 0 Å². The molecule has 0 spiro atoms. The zero-order valence-electron chi connectivity index (χ0n) is 23.2. The number of hydrogen-bond acceptors (Lipinski definition) is 7. The number of anilines is 1. The van der Waals surface area contributed by atoms with Crippen LogP contribution in [0.2, 0.25) is 0 Å². The summed E-state index contributed by atoms with van der Waals surface area (Å²) in [6.45, 7) is 9.79. The SMILES string of the molecule is Cn1nc(C2CCC(=O)NC2=O)c2ccc(N3CCN([C@H]4CC[C@H](CC(=O)OC(C)(C)C)CC4)CC3)cc21. The zero-order chi connectivity index (χ0) is 27.0. The lowest BCUT2D eigenvalue weighted by atomic mass is 9.83. The molecule has 2 saturated heterocycles. The third-order valence-electron chi connectivity index (χ3n) is 8.32. The van der Waals surface area contributed by atoms with Crippen LogP contribution in [0.4, 0.5) is 5.69 Å². The highest BCUT2D eigenvalue weighted by molar-refractivity contribution is 6.02. The Balaban J connectivity index is 1.16. The van der Waals surface area contributed by atoms with Gasteiger partial charge in [0.25, 0.3) is 0 Å². The van der Waals surface area contributed by atoms with E-state index < -0.39 is 5.60 Å². The normalized spacial score (nSPS) is 25.5. The molecule has 1 N–H and O–H groups in total. The first kappa shape index (κ1) is 26.7. The minimum absolute atomic E-state index is 0.0656. The Labute approximate surface area is 224 Å². The molecule has 0 bridgehead atoms. The van der Waals surface area contributed by atoms with Crippen LogP contribution in [0.3, 0.4) is 0 Å². The molecular weight excluding hydrogens is 482 g/mol. The molecule has 1 aliphatic carbocycles. The monoisotopic (exact) mass is 523 g/mol. The van der Waals surface area contributed by atoms with Crippen molar-refractivity contribution in [1.82, 2.24) is 20.0 Å². The van der Waals surface area contributed by atoms with Crippen molar-refractivity contribution in [2.75, 3.05) is 31.1 Å². The topological polar surface area (TPSA) is 96.8 Å². The van der Waals surface area contributed by atoms with Crippen molar-refractivity contribution in [1.29, 1.82) is 0 Å². The number of aryl methyl sites for hydroxylation is 1. The molecule has 1 atom stereocenters. The fourth-order valence-electron chi connectivity index (χ4n) is 6.36. The number of carbonyl (C=O) groups is 3. The number of ether oxygens (including phenoxy) is 1. The molecule has 1 unspecified atom stereocenters. The molecule has 1 saturated carbocycles. The van der Waals surface area contributed by atoms with Crippen molar-refractivity contribution in [3.05, 3.63) is 23.9 Å². The predicted molar refractivity (Wildman–Crippen MR) is 146 cm³/mol. The van der Waals surface area contributed by atoms with Crippen molar-refractivity contribution in [2.24, 2.45) is 13.0 Å². The summed E-state index contributed by atoms with van der Waals surface area (Å²) in [5, 5.41) is 8.11. The number of rotatable bonds is 5. The van der Waals surface area contributed by atoms with Gasteiger partial charge in [-0.2, -0.15) is 5.10 Å². The summed E-state index contributed by atoms with van der Waals surface area (Å²) < 4.78 is 7.37. The van der Waals surface area contributed by atoms with E-state index in [1.807, 2.05) is 32.5 Å². The number of hydrogen-bond donors (Lipinski definition) is 1. The molecule has 9 heteroatoms. The number of imide groups is 1. The van der Waals surface area contributed by atoms with E-state index in [2.05, 4.69) is 38.4 Å². The smallest absolute Gasteiger partial charge is 0.306 e. The Bertz CT molecular complexity index is 1200. The highest BCUT2D eigenvalue weighted by atomic mass is 16.6. The maximum absolute atomic E-state index is 12.4. The number of nitrogens with zero attached hydrogens (tertiary/aromatic N) is 4. The van der Waals surface area contributed by atoms with Gasteiger partial charge in [-0.25, -0.2) is 0 Å². The second kappa shape index (κ2) is 10.7. The van der Waals surface area contributed by atoms with E-state index >= 15 is 0 Å². The molecule has 2 aromatic rings. The number of amides is 2. The van der Waals surface area contributed by atoms with Crippen molar-refractivity contribution in [3.63, 3.8) is 0 Å². The molecule has 3 heterocycles. The van der Waals surface area contributed by atoms with Gasteiger partial charge in [0.2, 0.25) is 11.8 Å². The highest BCUT2D eigenvalue weighted by Crippen LogP contribution is 2.34. The Morgan fingerprint density at radius 2 is 1.76 bits per heavy atom. The van der Waals surface area contributed by atoms with Crippen LogP contribution >= 0.6 is 0 Å². The van der Waals surface area contributed by atoms with Gasteiger partial charge in [0.05, 0.1) is 17.1 Å². The molecule has 2 amide bonds. The molecule has 38 heavy (non-hydrogen) atoms. The number of nitrogens with one attached hydrogen (secondary N) is 1. The van der Waals surface area contributed by atoms with Crippen molar-refractivity contribution in [2.45, 2.75) is 83.3 Å². The Hall–Kier alpha value is -2.94. The van der Waals surface area contributed by atoms with E-state index in [1.54, 1.807) is 0 Å². The van der Waals surface area contributed by atoms with Gasteiger partial charge in [-0.3, -0.25) is 29.3 Å². The highest BCUT2D eigenvalue weighted by Gasteiger charge is 2.33. The van der Waals surface area contributed by atoms with Crippen molar-refractivity contribution < 1.29 is 19.1 Å². The molecule has 5 rings (SSSR count). The number of esters is 1. The number of carbonyl (C=O) groups excluding carboxylic acids is 3. The summed E-state index contributed by atoms with van der Waals surface area (Å²) in [6.07, 6.45) is 5.88. The van der Waals surface area contributed by atoms with Gasteiger partial charge in [0.1, 0.15) is 5.60 Å². The zero-order valence-corrected chi connectivity index (χ0v) is 23.2. The van der Waals surface area contributed by atoms with E-state index in [4.69, 9.17) is 4.74 Å². The Morgan fingerprint density at radius 3 is 2.42 bits per heavy atom. The lowest BCUT2D eigenvalue weighted by Gasteiger charge is -2.42. The van der Waals surface area contributed by atoms with Gasteiger partial charge >= 0.3 is 5.97 Å². The largest absolute Gasteiger partial charge is 0.460 e. The average molecular weight is 524 g/mol. The van der Waals surface area contributed by atoms with Crippen LogP contribution in [0, 0.1) is 5.92 Å². The fourth-order valence-corrected chi connectivity index (χ4v) is 6.36. The number of benzene rings is 1. The first-order valence-electron chi connectivity index (χ1n) is 14.1. The van der Waals surface area contributed by atoms with Gasteiger partial charge in [0, 0.05) is 63.2 Å². The number of piperazine rings is 1. The van der Waals surface area contributed by atoms with Gasteiger partial charge in [0.15, 0.2) is 0 Å². The van der Waals surface area contributed by atoms with Crippen LogP contribution in [-0.2, 0) is 26.2 Å². The first-order valence-corrected chi connectivity index (χ1v) is 14.1. The number of fused-ring (bicyclic) bond motifs is 1. The molecule has 206 valence electrons. The number of piperidine rings is 1. The van der Waals surface area contributed by atoms with Gasteiger partial charge < -0.3 is 9.64 Å². The van der Waals surface area contributed by atoms with Crippen LogP contribution in [0.5, 0.6) is 0 Å². The van der Waals surface area contributed by atoms with Crippen LogP contribution in [0.25, 0.3) is 10.9 Å². The fraction of sp³-hybridized carbons (Fsp3) is 0.655. The van der Waals surface area contributed by atoms with E-state index in [1.165, 1.54) is 5.69 Å². The summed E-state index contributed by atoms with van der Waals surface area (Å²) in [5.74, 6) is -0.464. The third kappa shape index (κ3) is 5.87. The average Bonchev–Trinajstić information content (AvgIpc) is 3.19. The molecule has 9 nitrogen and oxygen atoms in total. The maximum atomic E-state index is 12.4. The lowest BCUT2D eigenvalue weighted by Crippen LogP contribution is -2.51. The van der Waals surface area contributed by atoms with E-state index in [0.29, 0.717) is 31.2 Å². The Kier molecular flexibility index (Phi) is 7.49. The van der Waals surface area contributed by atoms with Crippen LogP contribution in [0.1, 0.15) is 77.3 Å². The summed E-state index contributed by atoms with van der Waals surface area (Å²) in [5.41, 5.74) is 2.53. The first-order chi connectivity index (χ1) is 18.1. The molecule has 3 fully saturated rings. The molecule has 1 aromatic heterocycles. The van der Waals surface area contributed by atoms with Gasteiger partial charge in [-0.05, 0) is 77.0 Å². The standard InChI is InChI=1S/C29H41N5O4/c1-29(2,3)38-26(36)17-19-5-7-20(8-6-19)33-13-15-34(16-14-33)21-9-10-22-24(18-21)32(4)31-27(22)23-11-12-25(35)30-28(23)37/h9-10,18-20,23H,5-8,11-17H2,1-4H3,(H,30,35,37)/t19-,20-,23?. The number of aromatic nitrogens is 2. The molecular formula is C29H41N5O4. The minimum atomic E-state index is -0.412. The maximum Gasteiger partial charge on any atom is 0.306 e. The predicted octanol–water partition coefficient (Wildman–Crippen LogP) is 3.51. The summed E-state index contributed by atoms with van der Waals surface area (Å²) in [4.78, 5) is 41.3. The summed E-state index contributed by atoms with van der Waals surface area (Å²) in [7, 11) is 1.92. The van der Waals surface area contributed by atoms with E-state index in [9.17, 15) is 14.4 Å². The Morgan fingerprint density at radius 1 is 1.05 bits per heavy atom. The van der Waals surface area contributed by atoms with Crippen LogP contribution in [-0.4, -0.2) is 70.3 Å². The van der Waals surface area contributed by atoms with Gasteiger partial charge in [-0.15, -0.1) is 0 Å². The third-order valence-corrected chi connectivity index (χ3v) is 8.32. The van der Waals surface area contributed by atoms with Crippen molar-refractivity contribution >= 4 is 34.4 Å². The molecule has 2 aliphatic heterocycles. The quantitative estimate of drug-likeness (QED) is 0.473. The molecule has 1 aromatic carbocycles. The lowest BCUT2D eigenvalue weighted by molar-refractivity contribution is -0.156. The van der Waals surface area contributed by atoms with Crippen LogP contribution in [0.15, 0.2) is 18.2 Å². The molecule has 3 aliphatic rings. The summed E-state index contributed by atoms with van der Waals surface area (Å²) >= 11 is 0. The summed E-state index contributed by atoms with van der Waals surface area (Å²) in [6, 6.07) is 6.99. The van der Waals surface area contributed by atoms with E-state index in [-0.39, 0.29) is 23.7 Å².